The number of nitrogens with one attached hydrogen (secondary N) is 1. The number of nitrogens with zero attached hydrogens (tertiary/aromatic N) is 1. The monoisotopic (exact) mass is 595 g/mol. The molecule has 2 aliphatic heterocycles. The van der Waals surface area contributed by atoms with Crippen molar-refractivity contribution in [2.45, 2.75) is 58.5 Å². The molecule has 1 atom stereocenters. The SMILES string of the molecule is CCOC(=O)C1=C(C)NC(C)=C(C(=O)O[C@]2(C)CCN(CCC(c3ccccc3)c3ccccc3)C2)C1.Nc1ccccc1. The number of benzene rings is 3. The molecule has 0 saturated carbocycles. The average Bonchev–Trinajstić information content (AvgIpc) is 3.39. The van der Waals surface area contributed by atoms with E-state index in [0.29, 0.717) is 30.2 Å². The zero-order valence-corrected chi connectivity index (χ0v) is 26.3. The van der Waals surface area contributed by atoms with Crippen LogP contribution in [-0.4, -0.2) is 48.7 Å². The molecule has 7 nitrogen and oxygen atoms in total. The van der Waals surface area contributed by atoms with Crippen molar-refractivity contribution in [2.24, 2.45) is 0 Å². The van der Waals surface area contributed by atoms with Gasteiger partial charge in [0.15, 0.2) is 0 Å². The lowest BCUT2D eigenvalue weighted by molar-refractivity contribution is -0.152. The van der Waals surface area contributed by atoms with Gasteiger partial charge in [-0.3, -0.25) is 4.90 Å². The number of carbonyl (C=O) groups is 2. The van der Waals surface area contributed by atoms with Crippen molar-refractivity contribution in [1.29, 1.82) is 0 Å². The van der Waals surface area contributed by atoms with Gasteiger partial charge in [0.25, 0.3) is 0 Å². The fourth-order valence-corrected chi connectivity index (χ4v) is 5.79. The molecule has 2 heterocycles. The van der Waals surface area contributed by atoms with Crippen LogP contribution in [-0.2, 0) is 19.1 Å². The minimum Gasteiger partial charge on any atom is -0.463 e. The summed E-state index contributed by atoms with van der Waals surface area (Å²) in [5.74, 6) is -0.445. The number of dihydropyridines is 1. The number of hydrogen-bond donors (Lipinski definition) is 2. The summed E-state index contributed by atoms with van der Waals surface area (Å²) in [6.45, 7) is 10.2. The molecule has 232 valence electrons. The molecule has 0 bridgehead atoms. The van der Waals surface area contributed by atoms with Crippen molar-refractivity contribution in [1.82, 2.24) is 10.2 Å². The molecular weight excluding hydrogens is 550 g/mol. The third-order valence-corrected chi connectivity index (χ3v) is 8.19. The van der Waals surface area contributed by atoms with E-state index in [4.69, 9.17) is 15.2 Å². The van der Waals surface area contributed by atoms with Gasteiger partial charge in [0.1, 0.15) is 5.60 Å². The van der Waals surface area contributed by atoms with Crippen LogP contribution >= 0.6 is 0 Å². The van der Waals surface area contributed by atoms with E-state index >= 15 is 0 Å². The van der Waals surface area contributed by atoms with Crippen LogP contribution in [0.25, 0.3) is 0 Å². The van der Waals surface area contributed by atoms with E-state index < -0.39 is 11.6 Å². The van der Waals surface area contributed by atoms with Gasteiger partial charge in [-0.15, -0.1) is 0 Å². The van der Waals surface area contributed by atoms with Gasteiger partial charge in [-0.05, 0) is 63.9 Å². The van der Waals surface area contributed by atoms with E-state index in [2.05, 4.69) is 70.9 Å². The molecule has 5 rings (SSSR count). The minimum atomic E-state index is -0.570. The number of nitrogen functional groups attached to an aromatic ring is 1. The van der Waals surface area contributed by atoms with Gasteiger partial charge in [-0.2, -0.15) is 0 Å². The normalized spacial score (nSPS) is 18.4. The molecule has 0 radical (unpaired) electrons. The predicted octanol–water partition coefficient (Wildman–Crippen LogP) is 6.59. The standard InChI is InChI=1S/C31H38N2O4.C6H7N/c1-5-36-29(34)27-20-28(23(3)32-22(27)2)30(35)37-31(4)17-19-33(21-31)18-16-26(24-12-8-6-9-13-24)25-14-10-7-11-15-25;7-6-4-2-1-3-5-6/h6-15,26,32H,5,16-21H2,1-4H3;1-5H,7H2/t31-;/m1./s1. The van der Waals surface area contributed by atoms with Crippen molar-refractivity contribution in [3.8, 4) is 0 Å². The highest BCUT2D eigenvalue weighted by molar-refractivity contribution is 5.96. The zero-order valence-electron chi connectivity index (χ0n) is 26.3. The minimum absolute atomic E-state index is 0.220. The first-order valence-corrected chi connectivity index (χ1v) is 15.4. The number of carbonyl (C=O) groups excluding carboxylic acids is 2. The van der Waals surface area contributed by atoms with Crippen molar-refractivity contribution >= 4 is 17.6 Å². The summed E-state index contributed by atoms with van der Waals surface area (Å²) in [6.07, 6.45) is 1.98. The number of hydrogen-bond acceptors (Lipinski definition) is 7. The molecule has 1 saturated heterocycles. The van der Waals surface area contributed by atoms with E-state index in [1.807, 2.05) is 51.1 Å². The first-order chi connectivity index (χ1) is 21.2. The molecule has 44 heavy (non-hydrogen) atoms. The summed E-state index contributed by atoms with van der Waals surface area (Å²) in [5, 5.41) is 3.16. The second kappa shape index (κ2) is 15.4. The molecule has 3 aromatic rings. The highest BCUT2D eigenvalue weighted by atomic mass is 16.6. The van der Waals surface area contributed by atoms with Crippen LogP contribution in [0.1, 0.15) is 64.0 Å². The third-order valence-electron chi connectivity index (χ3n) is 8.19. The summed E-state index contributed by atoms with van der Waals surface area (Å²) in [5.41, 5.74) is 10.6. The van der Waals surface area contributed by atoms with Gasteiger partial charge >= 0.3 is 11.9 Å². The van der Waals surface area contributed by atoms with Gasteiger partial charge in [-0.25, -0.2) is 9.59 Å². The van der Waals surface area contributed by atoms with Crippen LogP contribution in [0.3, 0.4) is 0 Å². The van der Waals surface area contributed by atoms with Crippen LogP contribution in [0.15, 0.2) is 114 Å². The van der Waals surface area contributed by atoms with Crippen LogP contribution in [0.5, 0.6) is 0 Å². The average molecular weight is 596 g/mol. The number of esters is 2. The van der Waals surface area contributed by atoms with Gasteiger partial charge < -0.3 is 20.5 Å². The van der Waals surface area contributed by atoms with Crippen molar-refractivity contribution in [2.75, 3.05) is 32.0 Å². The predicted molar refractivity (Wildman–Crippen MR) is 176 cm³/mol. The topological polar surface area (TPSA) is 93.9 Å². The van der Waals surface area contributed by atoms with Crippen molar-refractivity contribution in [3.63, 3.8) is 0 Å². The Hall–Kier alpha value is -4.36. The molecule has 3 N–H and O–H groups in total. The Morgan fingerprint density at radius 3 is 1.89 bits per heavy atom. The van der Waals surface area contributed by atoms with Gasteiger partial charge in [0, 0.05) is 48.9 Å². The maximum atomic E-state index is 13.2. The van der Waals surface area contributed by atoms with Gasteiger partial charge in [-0.1, -0.05) is 78.9 Å². The number of likely N-dealkylation sites (tertiary alicyclic amines) is 1. The van der Waals surface area contributed by atoms with E-state index in [-0.39, 0.29) is 12.4 Å². The summed E-state index contributed by atoms with van der Waals surface area (Å²) in [7, 11) is 0. The lowest BCUT2D eigenvalue weighted by Crippen LogP contribution is -2.37. The number of para-hydroxylation sites is 1. The summed E-state index contributed by atoms with van der Waals surface area (Å²) in [6, 6.07) is 30.8. The van der Waals surface area contributed by atoms with Crippen LogP contribution in [0.4, 0.5) is 5.69 Å². The Labute approximate surface area is 261 Å². The first-order valence-electron chi connectivity index (χ1n) is 15.4. The van der Waals surface area contributed by atoms with Crippen LogP contribution in [0.2, 0.25) is 0 Å². The molecule has 1 fully saturated rings. The molecule has 0 spiro atoms. The maximum Gasteiger partial charge on any atom is 0.336 e. The Morgan fingerprint density at radius 2 is 1.39 bits per heavy atom. The molecule has 7 heteroatoms. The second-order valence-corrected chi connectivity index (χ2v) is 11.7. The smallest absolute Gasteiger partial charge is 0.336 e. The molecular formula is C37H45N3O4. The number of allylic oxidation sites excluding steroid dienone is 2. The quantitative estimate of drug-likeness (QED) is 0.213. The summed E-state index contributed by atoms with van der Waals surface area (Å²) in [4.78, 5) is 28.0. The number of ether oxygens (including phenoxy) is 2. The number of rotatable bonds is 9. The molecule has 2 aliphatic rings. The van der Waals surface area contributed by atoms with Gasteiger partial charge in [0.05, 0.1) is 17.8 Å². The Morgan fingerprint density at radius 1 is 0.864 bits per heavy atom. The van der Waals surface area contributed by atoms with Crippen molar-refractivity contribution in [3.05, 3.63) is 125 Å². The maximum absolute atomic E-state index is 13.2. The molecule has 0 aromatic heterocycles. The highest BCUT2D eigenvalue weighted by Gasteiger charge is 2.39. The fourth-order valence-electron chi connectivity index (χ4n) is 5.79. The molecule has 0 amide bonds. The van der Waals surface area contributed by atoms with Crippen molar-refractivity contribution < 1.29 is 19.1 Å². The third kappa shape index (κ3) is 8.83. The summed E-state index contributed by atoms with van der Waals surface area (Å²) >= 11 is 0. The Kier molecular flexibility index (Phi) is 11.4. The number of nitrogens with two attached hydrogens (primary N) is 1. The lowest BCUT2D eigenvalue weighted by Gasteiger charge is -2.28. The Balaban J connectivity index is 0.000000555. The first kappa shape index (κ1) is 32.6. The van der Waals surface area contributed by atoms with Crippen LogP contribution < -0.4 is 11.1 Å². The fraction of sp³-hybridized carbons (Fsp3) is 0.351. The largest absolute Gasteiger partial charge is 0.463 e. The number of anilines is 1. The van der Waals surface area contributed by atoms with E-state index in [1.165, 1.54) is 11.1 Å². The Bertz CT molecular complexity index is 1410. The highest BCUT2D eigenvalue weighted by Crippen LogP contribution is 2.32. The molecule has 3 aromatic carbocycles. The lowest BCUT2D eigenvalue weighted by atomic mass is 9.88. The van der Waals surface area contributed by atoms with E-state index in [9.17, 15) is 9.59 Å². The van der Waals surface area contributed by atoms with E-state index in [0.717, 1.165) is 43.0 Å². The van der Waals surface area contributed by atoms with Crippen LogP contribution in [0, 0.1) is 0 Å². The second-order valence-electron chi connectivity index (χ2n) is 11.7. The molecule has 0 aliphatic carbocycles. The summed E-state index contributed by atoms with van der Waals surface area (Å²) < 4.78 is 11.3. The van der Waals surface area contributed by atoms with Gasteiger partial charge in [0.2, 0.25) is 0 Å². The zero-order chi connectivity index (χ0) is 31.5. The molecule has 0 unspecified atom stereocenters. The van der Waals surface area contributed by atoms with E-state index in [1.54, 1.807) is 6.92 Å².